The van der Waals surface area contributed by atoms with E-state index in [0.29, 0.717) is 29.2 Å². The number of thiazole rings is 1. The summed E-state index contributed by atoms with van der Waals surface area (Å²) in [6, 6.07) is 12.8. The second-order valence-electron chi connectivity index (χ2n) is 7.56. The van der Waals surface area contributed by atoms with Crippen molar-refractivity contribution in [1.82, 2.24) is 15.0 Å². The second-order valence-corrected chi connectivity index (χ2v) is 8.59. The number of benzene rings is 1. The number of fused-ring (bicyclic) bond motifs is 1. The summed E-state index contributed by atoms with van der Waals surface area (Å²) < 4.78 is 28.1. The van der Waals surface area contributed by atoms with E-state index in [-0.39, 0.29) is 13.5 Å². The van der Waals surface area contributed by atoms with Crippen molar-refractivity contribution in [3.63, 3.8) is 0 Å². The molecule has 1 atom stereocenters. The summed E-state index contributed by atoms with van der Waals surface area (Å²) in [5, 5.41) is 13.0. The van der Waals surface area contributed by atoms with Crippen molar-refractivity contribution >= 4 is 46.6 Å². The molecule has 3 heterocycles. The molecule has 0 unspecified atom stereocenters. The number of alkyl halides is 1. The highest BCUT2D eigenvalue weighted by atomic mass is 32.1. The van der Waals surface area contributed by atoms with Gasteiger partial charge in [-0.2, -0.15) is 17.9 Å². The lowest BCUT2D eigenvalue weighted by molar-refractivity contribution is 0.134. The van der Waals surface area contributed by atoms with E-state index >= 15 is 0 Å². The lowest BCUT2D eigenvalue weighted by Gasteiger charge is -2.11. The number of anilines is 2. The topological polar surface area (TPSA) is 74.2 Å². The molecule has 0 bridgehead atoms. The molecule has 0 saturated carbocycles. The van der Waals surface area contributed by atoms with Gasteiger partial charge in [0.1, 0.15) is 17.5 Å². The minimum atomic E-state index is -0.957. The number of hydrogen-bond donors (Lipinski definition) is 2. The highest BCUT2D eigenvalue weighted by Gasteiger charge is 2.14. The van der Waals surface area contributed by atoms with Gasteiger partial charge in [0.05, 0.1) is 27.6 Å². The molecular formula is C23H25F2N5OS2. The van der Waals surface area contributed by atoms with Gasteiger partial charge in [-0.1, -0.05) is 0 Å². The van der Waals surface area contributed by atoms with E-state index in [1.54, 1.807) is 18.3 Å². The number of aliphatic hydroxyl groups excluding tert-OH is 1. The maximum atomic E-state index is 14.9. The minimum Gasteiger partial charge on any atom is -0.390 e. The fourth-order valence-electron chi connectivity index (χ4n) is 3.17. The Morgan fingerprint density at radius 2 is 1.94 bits per heavy atom. The third kappa shape index (κ3) is 5.76. The minimum absolute atomic E-state index is 0. The van der Waals surface area contributed by atoms with E-state index in [1.165, 1.54) is 11.3 Å². The van der Waals surface area contributed by atoms with Crippen LogP contribution in [0.15, 0.2) is 48.7 Å². The Hall–Kier alpha value is -2.82. The standard InChI is InChI=1S/C23H23F2N5OS.H2S/c1-30(2)21-8-3-14(13-27-21)18-7-5-17(22(25)28-18)23-29-19-6-4-15(11-20(19)32-23)26-10-9-16(31)12-24;/h3-8,11,13,16,26,31H,9-10,12H2,1-2H3;1H2/t16-;/m0./s1. The zero-order valence-electron chi connectivity index (χ0n) is 18.2. The monoisotopic (exact) mass is 489 g/mol. The van der Waals surface area contributed by atoms with Gasteiger partial charge in [0.15, 0.2) is 0 Å². The first-order valence-corrected chi connectivity index (χ1v) is 11.0. The molecular weight excluding hydrogens is 464 g/mol. The molecule has 3 aromatic heterocycles. The number of aromatic nitrogens is 3. The van der Waals surface area contributed by atoms with Crippen molar-refractivity contribution in [2.24, 2.45) is 0 Å². The van der Waals surface area contributed by atoms with Crippen molar-refractivity contribution in [1.29, 1.82) is 0 Å². The average molecular weight is 490 g/mol. The molecule has 4 aromatic rings. The summed E-state index contributed by atoms with van der Waals surface area (Å²) in [6.07, 6.45) is 1.04. The number of nitrogens with one attached hydrogen (secondary N) is 1. The first-order valence-electron chi connectivity index (χ1n) is 10.1. The Kier molecular flexibility index (Phi) is 8.17. The predicted molar refractivity (Wildman–Crippen MR) is 136 cm³/mol. The fourth-order valence-corrected chi connectivity index (χ4v) is 4.19. The summed E-state index contributed by atoms with van der Waals surface area (Å²) in [6.45, 7) is -0.304. The fraction of sp³-hybridized carbons (Fsp3) is 0.261. The van der Waals surface area contributed by atoms with Gasteiger partial charge in [-0.3, -0.25) is 0 Å². The Labute approximate surface area is 201 Å². The zero-order valence-corrected chi connectivity index (χ0v) is 20.0. The SMILES string of the molecule is CN(C)c1ccc(-c2ccc(-c3nc4ccc(NCC[C@H](O)CF)cc4s3)c(F)n2)cn1.S. The van der Waals surface area contributed by atoms with Gasteiger partial charge in [0.25, 0.3) is 0 Å². The molecule has 2 N–H and O–H groups in total. The zero-order chi connectivity index (χ0) is 22.7. The van der Waals surface area contributed by atoms with Crippen molar-refractivity contribution in [3.8, 4) is 21.8 Å². The third-order valence-electron chi connectivity index (χ3n) is 4.95. The molecule has 174 valence electrons. The van der Waals surface area contributed by atoms with Crippen LogP contribution in [0.3, 0.4) is 0 Å². The molecule has 1 aromatic carbocycles. The van der Waals surface area contributed by atoms with Crippen molar-refractivity contribution in [2.45, 2.75) is 12.5 Å². The molecule has 10 heteroatoms. The second kappa shape index (κ2) is 10.9. The van der Waals surface area contributed by atoms with E-state index in [2.05, 4.69) is 20.3 Å². The van der Waals surface area contributed by atoms with Crippen LogP contribution in [0.25, 0.3) is 32.0 Å². The number of hydrogen-bond acceptors (Lipinski definition) is 7. The van der Waals surface area contributed by atoms with E-state index in [1.807, 2.05) is 49.3 Å². The molecule has 4 rings (SSSR count). The van der Waals surface area contributed by atoms with Crippen LogP contribution in [0.4, 0.5) is 20.3 Å². The summed E-state index contributed by atoms with van der Waals surface area (Å²) in [4.78, 5) is 14.9. The van der Waals surface area contributed by atoms with Crippen LogP contribution in [-0.4, -0.2) is 53.5 Å². The molecule has 0 amide bonds. The lowest BCUT2D eigenvalue weighted by Crippen LogP contribution is -2.14. The quantitative estimate of drug-likeness (QED) is 0.344. The van der Waals surface area contributed by atoms with E-state index in [4.69, 9.17) is 0 Å². The Balaban J connectivity index is 0.00000306. The van der Waals surface area contributed by atoms with E-state index < -0.39 is 18.7 Å². The summed E-state index contributed by atoms with van der Waals surface area (Å²) >= 11 is 1.37. The maximum Gasteiger partial charge on any atom is 0.223 e. The van der Waals surface area contributed by atoms with Crippen LogP contribution in [0.1, 0.15) is 6.42 Å². The molecule has 0 spiro atoms. The van der Waals surface area contributed by atoms with Crippen LogP contribution < -0.4 is 10.2 Å². The molecule has 0 aliphatic carbocycles. The molecule has 6 nitrogen and oxygen atoms in total. The van der Waals surface area contributed by atoms with Crippen LogP contribution in [-0.2, 0) is 0 Å². The van der Waals surface area contributed by atoms with Gasteiger partial charge < -0.3 is 15.3 Å². The van der Waals surface area contributed by atoms with Gasteiger partial charge in [0.2, 0.25) is 5.95 Å². The smallest absolute Gasteiger partial charge is 0.223 e. The van der Waals surface area contributed by atoms with Gasteiger partial charge in [0, 0.05) is 38.1 Å². The summed E-state index contributed by atoms with van der Waals surface area (Å²) in [5.74, 6) is 0.226. The maximum absolute atomic E-state index is 14.9. The molecule has 0 saturated heterocycles. The number of aliphatic hydroxyl groups is 1. The molecule has 0 aliphatic rings. The molecule has 33 heavy (non-hydrogen) atoms. The normalized spacial score (nSPS) is 11.8. The van der Waals surface area contributed by atoms with Crippen LogP contribution in [0.5, 0.6) is 0 Å². The molecule has 0 fully saturated rings. The Morgan fingerprint density at radius 3 is 2.61 bits per heavy atom. The highest BCUT2D eigenvalue weighted by molar-refractivity contribution is 7.59. The van der Waals surface area contributed by atoms with Gasteiger partial charge in [-0.05, 0) is 48.9 Å². The number of halogens is 2. The number of pyridine rings is 2. The van der Waals surface area contributed by atoms with E-state index in [0.717, 1.165) is 27.3 Å². The Morgan fingerprint density at radius 1 is 1.12 bits per heavy atom. The van der Waals surface area contributed by atoms with Gasteiger partial charge in [-0.25, -0.2) is 19.3 Å². The molecule has 0 radical (unpaired) electrons. The van der Waals surface area contributed by atoms with Crippen LogP contribution in [0, 0.1) is 5.95 Å². The summed E-state index contributed by atoms with van der Waals surface area (Å²) in [5.41, 5.74) is 3.17. The molecule has 0 aliphatic heterocycles. The summed E-state index contributed by atoms with van der Waals surface area (Å²) in [7, 11) is 3.81. The number of nitrogens with zero attached hydrogens (tertiary/aromatic N) is 4. The average Bonchev–Trinajstić information content (AvgIpc) is 3.22. The predicted octanol–water partition coefficient (Wildman–Crippen LogP) is 4.87. The van der Waals surface area contributed by atoms with Gasteiger partial charge in [-0.15, -0.1) is 11.3 Å². The van der Waals surface area contributed by atoms with Crippen LogP contribution >= 0.6 is 24.8 Å². The first-order chi connectivity index (χ1) is 15.4. The van der Waals surface area contributed by atoms with Crippen LogP contribution in [0.2, 0.25) is 0 Å². The first kappa shape index (κ1) is 24.8. The lowest BCUT2D eigenvalue weighted by atomic mass is 10.1. The third-order valence-corrected chi connectivity index (χ3v) is 6.01. The largest absolute Gasteiger partial charge is 0.390 e. The highest BCUT2D eigenvalue weighted by Crippen LogP contribution is 2.33. The number of rotatable bonds is 8. The van der Waals surface area contributed by atoms with Crippen molar-refractivity contribution in [3.05, 3.63) is 54.6 Å². The Bertz CT molecular complexity index is 1220. The van der Waals surface area contributed by atoms with Crippen molar-refractivity contribution < 1.29 is 13.9 Å². The van der Waals surface area contributed by atoms with Gasteiger partial charge >= 0.3 is 0 Å². The van der Waals surface area contributed by atoms with Crippen molar-refractivity contribution in [2.75, 3.05) is 37.5 Å². The van der Waals surface area contributed by atoms with E-state index in [9.17, 15) is 13.9 Å².